The molecule has 2 rings (SSSR count). The number of fused-ring (bicyclic) bond motifs is 1. The van der Waals surface area contributed by atoms with Gasteiger partial charge in [0.2, 0.25) is 0 Å². The van der Waals surface area contributed by atoms with E-state index in [1.807, 2.05) is 13.0 Å². The van der Waals surface area contributed by atoms with Crippen LogP contribution >= 0.6 is 0 Å². The number of para-hydroxylation sites is 1. The summed E-state index contributed by atoms with van der Waals surface area (Å²) in [6, 6.07) is 5.38. The number of hydrogen-bond donors (Lipinski definition) is 0. The summed E-state index contributed by atoms with van der Waals surface area (Å²) in [4.78, 5) is 20.1. The van der Waals surface area contributed by atoms with Crippen LogP contribution < -0.4 is 0 Å². The average Bonchev–Trinajstić information content (AvgIpc) is 2.35. The van der Waals surface area contributed by atoms with E-state index >= 15 is 0 Å². The Bertz CT molecular complexity index is 506. The predicted molar refractivity (Wildman–Crippen MR) is 60.4 cm³/mol. The number of ether oxygens (including phenoxy) is 1. The summed E-state index contributed by atoms with van der Waals surface area (Å²) >= 11 is 0. The van der Waals surface area contributed by atoms with Crippen molar-refractivity contribution in [3.63, 3.8) is 0 Å². The van der Waals surface area contributed by atoms with Crippen LogP contribution in [0.2, 0.25) is 0 Å². The maximum Gasteiger partial charge on any atom is 0.190 e. The van der Waals surface area contributed by atoms with E-state index in [-0.39, 0.29) is 12.4 Å². The first kappa shape index (κ1) is 10.7. The highest BCUT2D eigenvalue weighted by atomic mass is 16.5. The van der Waals surface area contributed by atoms with E-state index in [0.717, 1.165) is 5.52 Å². The second-order valence-corrected chi connectivity index (χ2v) is 3.29. The number of ketones is 1. The molecule has 0 bridgehead atoms. The molecule has 82 valence electrons. The van der Waals surface area contributed by atoms with E-state index in [4.69, 9.17) is 4.74 Å². The van der Waals surface area contributed by atoms with Crippen molar-refractivity contribution in [1.82, 2.24) is 9.97 Å². The SMILES string of the molecule is CCOCC(=O)c1cccc2nccnc12. The number of carbonyl (C=O) groups is 1. The van der Waals surface area contributed by atoms with Crippen LogP contribution in [0, 0.1) is 0 Å². The molecule has 0 saturated carbocycles. The lowest BCUT2D eigenvalue weighted by Gasteiger charge is -2.03. The first-order valence-corrected chi connectivity index (χ1v) is 5.13. The fourth-order valence-corrected chi connectivity index (χ4v) is 1.49. The second-order valence-electron chi connectivity index (χ2n) is 3.29. The number of hydrogen-bond acceptors (Lipinski definition) is 4. The van der Waals surface area contributed by atoms with Gasteiger partial charge in [-0.1, -0.05) is 6.07 Å². The van der Waals surface area contributed by atoms with Crippen molar-refractivity contribution in [2.75, 3.05) is 13.2 Å². The van der Waals surface area contributed by atoms with E-state index in [2.05, 4.69) is 9.97 Å². The molecule has 0 N–H and O–H groups in total. The maximum absolute atomic E-state index is 11.8. The number of nitrogens with zero attached hydrogens (tertiary/aromatic N) is 2. The standard InChI is InChI=1S/C12H12N2O2/c1-2-16-8-11(15)9-4-3-5-10-12(9)14-7-6-13-10/h3-7H,2,8H2,1H3. The Labute approximate surface area is 93.3 Å². The van der Waals surface area contributed by atoms with Gasteiger partial charge in [0.25, 0.3) is 0 Å². The van der Waals surface area contributed by atoms with Crippen molar-refractivity contribution < 1.29 is 9.53 Å². The minimum absolute atomic E-state index is 0.0621. The van der Waals surface area contributed by atoms with Gasteiger partial charge in [0, 0.05) is 24.6 Å². The van der Waals surface area contributed by atoms with Crippen molar-refractivity contribution in [3.8, 4) is 0 Å². The van der Waals surface area contributed by atoms with Crippen LogP contribution in [0.1, 0.15) is 17.3 Å². The Hall–Kier alpha value is -1.81. The molecule has 0 aliphatic carbocycles. The number of rotatable bonds is 4. The third kappa shape index (κ3) is 2.06. The topological polar surface area (TPSA) is 52.1 Å². The van der Waals surface area contributed by atoms with Gasteiger partial charge in [-0.15, -0.1) is 0 Å². The van der Waals surface area contributed by atoms with Crippen LogP contribution in [0.5, 0.6) is 0 Å². The zero-order valence-electron chi connectivity index (χ0n) is 9.01. The van der Waals surface area contributed by atoms with Crippen molar-refractivity contribution in [2.45, 2.75) is 6.92 Å². The van der Waals surface area contributed by atoms with Crippen LogP contribution in [-0.4, -0.2) is 29.0 Å². The van der Waals surface area contributed by atoms with Gasteiger partial charge >= 0.3 is 0 Å². The van der Waals surface area contributed by atoms with Gasteiger partial charge in [-0.05, 0) is 19.1 Å². The van der Waals surface area contributed by atoms with Crippen molar-refractivity contribution in [3.05, 3.63) is 36.2 Å². The number of benzene rings is 1. The molecule has 1 aromatic carbocycles. The van der Waals surface area contributed by atoms with Crippen LogP contribution in [0.4, 0.5) is 0 Å². The lowest BCUT2D eigenvalue weighted by Crippen LogP contribution is -2.10. The Kier molecular flexibility index (Phi) is 3.22. The Balaban J connectivity index is 2.40. The normalized spacial score (nSPS) is 10.6. The molecule has 0 radical (unpaired) electrons. The Morgan fingerprint density at radius 1 is 1.31 bits per heavy atom. The molecule has 0 spiro atoms. The second kappa shape index (κ2) is 4.81. The van der Waals surface area contributed by atoms with Gasteiger partial charge in [-0.25, -0.2) is 0 Å². The van der Waals surface area contributed by atoms with E-state index in [1.165, 1.54) is 0 Å². The third-order valence-corrected chi connectivity index (χ3v) is 2.24. The molecular formula is C12H12N2O2. The molecule has 16 heavy (non-hydrogen) atoms. The van der Waals surface area contributed by atoms with Gasteiger partial charge in [-0.3, -0.25) is 14.8 Å². The van der Waals surface area contributed by atoms with E-state index < -0.39 is 0 Å². The zero-order valence-corrected chi connectivity index (χ0v) is 9.01. The number of Topliss-reactive ketones (excluding diaryl/α,β-unsaturated/α-hetero) is 1. The summed E-state index contributed by atoms with van der Waals surface area (Å²) in [5, 5.41) is 0. The summed E-state index contributed by atoms with van der Waals surface area (Å²) in [6.45, 7) is 2.48. The average molecular weight is 216 g/mol. The Morgan fingerprint density at radius 3 is 2.94 bits per heavy atom. The summed E-state index contributed by atoms with van der Waals surface area (Å²) in [5.41, 5.74) is 1.93. The highest BCUT2D eigenvalue weighted by Crippen LogP contribution is 2.14. The molecular weight excluding hydrogens is 204 g/mol. The van der Waals surface area contributed by atoms with Crippen LogP contribution in [0.25, 0.3) is 11.0 Å². The molecule has 0 amide bonds. The first-order chi connectivity index (χ1) is 7.83. The summed E-state index contributed by atoms with van der Waals surface area (Å²) in [6.07, 6.45) is 3.19. The van der Waals surface area contributed by atoms with Gasteiger partial charge in [0.1, 0.15) is 6.61 Å². The highest BCUT2D eigenvalue weighted by Gasteiger charge is 2.10. The summed E-state index contributed by atoms with van der Waals surface area (Å²) in [5.74, 6) is -0.0621. The van der Waals surface area contributed by atoms with E-state index in [0.29, 0.717) is 17.7 Å². The van der Waals surface area contributed by atoms with Crippen molar-refractivity contribution >= 4 is 16.8 Å². The molecule has 0 aliphatic heterocycles. The largest absolute Gasteiger partial charge is 0.374 e. The molecule has 4 nitrogen and oxygen atoms in total. The van der Waals surface area contributed by atoms with Crippen molar-refractivity contribution in [2.24, 2.45) is 0 Å². The Morgan fingerprint density at radius 2 is 2.12 bits per heavy atom. The molecule has 0 unspecified atom stereocenters. The highest BCUT2D eigenvalue weighted by molar-refractivity contribution is 6.06. The fraction of sp³-hybridized carbons (Fsp3) is 0.250. The molecule has 0 saturated heterocycles. The first-order valence-electron chi connectivity index (χ1n) is 5.13. The smallest absolute Gasteiger partial charge is 0.190 e. The van der Waals surface area contributed by atoms with Crippen LogP contribution in [0.15, 0.2) is 30.6 Å². The zero-order chi connectivity index (χ0) is 11.4. The van der Waals surface area contributed by atoms with Crippen molar-refractivity contribution in [1.29, 1.82) is 0 Å². The maximum atomic E-state index is 11.8. The van der Waals surface area contributed by atoms with E-state index in [1.54, 1.807) is 24.5 Å². The van der Waals surface area contributed by atoms with Crippen LogP contribution in [0.3, 0.4) is 0 Å². The molecule has 0 aliphatic rings. The van der Waals surface area contributed by atoms with E-state index in [9.17, 15) is 4.79 Å². The molecule has 1 aromatic heterocycles. The lowest BCUT2D eigenvalue weighted by molar-refractivity contribution is 0.0785. The number of carbonyl (C=O) groups excluding carboxylic acids is 1. The fourth-order valence-electron chi connectivity index (χ4n) is 1.49. The monoisotopic (exact) mass is 216 g/mol. The molecule has 0 atom stereocenters. The van der Waals surface area contributed by atoms with Gasteiger partial charge in [0.15, 0.2) is 5.78 Å². The summed E-state index contributed by atoms with van der Waals surface area (Å²) in [7, 11) is 0. The predicted octanol–water partition coefficient (Wildman–Crippen LogP) is 1.85. The third-order valence-electron chi connectivity index (χ3n) is 2.24. The molecule has 1 heterocycles. The van der Waals surface area contributed by atoms with Gasteiger partial charge in [0.05, 0.1) is 11.0 Å². The minimum atomic E-state index is -0.0621. The van der Waals surface area contributed by atoms with Gasteiger partial charge < -0.3 is 4.74 Å². The molecule has 2 aromatic rings. The van der Waals surface area contributed by atoms with Crippen LogP contribution in [-0.2, 0) is 4.74 Å². The molecule has 4 heteroatoms. The number of aromatic nitrogens is 2. The summed E-state index contributed by atoms with van der Waals surface area (Å²) < 4.78 is 5.10. The quantitative estimate of drug-likeness (QED) is 0.732. The minimum Gasteiger partial charge on any atom is -0.374 e. The van der Waals surface area contributed by atoms with Gasteiger partial charge in [-0.2, -0.15) is 0 Å². The lowest BCUT2D eigenvalue weighted by atomic mass is 10.1. The molecule has 0 fully saturated rings.